The molecule has 1 fully saturated rings. The highest BCUT2D eigenvalue weighted by molar-refractivity contribution is 5.97. The Kier molecular flexibility index (Phi) is 7.72. The number of aryl methyl sites for hydroxylation is 1. The first kappa shape index (κ1) is 23.7. The van der Waals surface area contributed by atoms with Crippen molar-refractivity contribution in [2.75, 3.05) is 39.5 Å². The van der Waals surface area contributed by atoms with Gasteiger partial charge in [-0.15, -0.1) is 0 Å². The molecule has 2 heterocycles. The van der Waals surface area contributed by atoms with E-state index < -0.39 is 12.0 Å². The van der Waals surface area contributed by atoms with Gasteiger partial charge in [0, 0.05) is 48.6 Å². The number of aromatic amines is 1. The molecule has 8 nitrogen and oxygen atoms in total. The Morgan fingerprint density at radius 1 is 1.12 bits per heavy atom. The van der Waals surface area contributed by atoms with Crippen molar-refractivity contribution in [3.05, 3.63) is 81.6 Å². The molecule has 1 aromatic heterocycles. The van der Waals surface area contributed by atoms with Crippen LogP contribution in [0.2, 0.25) is 0 Å². The van der Waals surface area contributed by atoms with Crippen LogP contribution in [-0.2, 0) is 20.7 Å². The van der Waals surface area contributed by atoms with Gasteiger partial charge in [-0.25, -0.2) is 4.79 Å². The smallest absolute Gasteiger partial charge is 0.329 e. The summed E-state index contributed by atoms with van der Waals surface area (Å²) in [5, 5.41) is 3.63. The number of esters is 1. The minimum atomic E-state index is -0.941. The van der Waals surface area contributed by atoms with Gasteiger partial charge in [-0.2, -0.15) is 0 Å². The van der Waals surface area contributed by atoms with Gasteiger partial charge in [0.05, 0.1) is 13.2 Å². The second-order valence-corrected chi connectivity index (χ2v) is 8.42. The molecule has 1 aliphatic heterocycles. The van der Waals surface area contributed by atoms with Crippen LogP contribution in [0.15, 0.2) is 59.4 Å². The van der Waals surface area contributed by atoms with Gasteiger partial charge in [0.25, 0.3) is 5.91 Å². The predicted molar refractivity (Wildman–Crippen MR) is 129 cm³/mol. The Morgan fingerprint density at radius 3 is 2.62 bits per heavy atom. The van der Waals surface area contributed by atoms with E-state index in [1.54, 1.807) is 18.2 Å². The van der Waals surface area contributed by atoms with E-state index in [1.807, 2.05) is 37.3 Å². The average Bonchev–Trinajstić information content (AvgIpc) is 2.84. The van der Waals surface area contributed by atoms with Gasteiger partial charge in [0.1, 0.15) is 12.6 Å². The van der Waals surface area contributed by atoms with Crippen LogP contribution in [0.4, 0.5) is 0 Å². The number of benzene rings is 2. The summed E-state index contributed by atoms with van der Waals surface area (Å²) in [5.74, 6) is -0.901. The average molecular weight is 464 g/mol. The summed E-state index contributed by atoms with van der Waals surface area (Å²) in [6.45, 7) is 5.67. The first-order chi connectivity index (χ1) is 16.5. The number of aromatic nitrogens is 1. The molecule has 2 N–H and O–H groups in total. The molecule has 1 aliphatic rings. The van der Waals surface area contributed by atoms with Crippen molar-refractivity contribution in [3.63, 3.8) is 0 Å². The Bertz CT molecular complexity index is 1200. The summed E-state index contributed by atoms with van der Waals surface area (Å²) in [6, 6.07) is 15.0. The quantitative estimate of drug-likeness (QED) is 0.496. The maximum atomic E-state index is 13.1. The van der Waals surface area contributed by atoms with Gasteiger partial charge in [0.15, 0.2) is 0 Å². The second-order valence-electron chi connectivity index (χ2n) is 8.42. The molecule has 1 amide bonds. The number of pyridine rings is 1. The lowest BCUT2D eigenvalue weighted by Gasteiger charge is -2.26. The number of carbonyl (C=O) groups is 2. The fourth-order valence-electron chi connectivity index (χ4n) is 4.01. The minimum Gasteiger partial charge on any atom is -0.463 e. The number of carbonyl (C=O) groups excluding carboxylic acids is 2. The lowest BCUT2D eigenvalue weighted by molar-refractivity contribution is -0.146. The van der Waals surface area contributed by atoms with Crippen LogP contribution in [0.3, 0.4) is 0 Å². The van der Waals surface area contributed by atoms with Crippen LogP contribution >= 0.6 is 0 Å². The van der Waals surface area contributed by atoms with Gasteiger partial charge >= 0.3 is 5.97 Å². The van der Waals surface area contributed by atoms with Crippen molar-refractivity contribution in [2.45, 2.75) is 19.4 Å². The van der Waals surface area contributed by atoms with E-state index in [-0.39, 0.29) is 24.5 Å². The molecule has 1 saturated heterocycles. The van der Waals surface area contributed by atoms with Gasteiger partial charge in [-0.3, -0.25) is 14.5 Å². The van der Waals surface area contributed by atoms with E-state index in [1.165, 1.54) is 6.07 Å². The highest BCUT2D eigenvalue weighted by atomic mass is 16.5. The Hall–Kier alpha value is -3.49. The maximum absolute atomic E-state index is 13.1. The number of nitrogens with one attached hydrogen (secondary N) is 2. The molecule has 0 aliphatic carbocycles. The Labute approximate surface area is 197 Å². The van der Waals surface area contributed by atoms with Crippen LogP contribution in [-0.4, -0.2) is 67.3 Å². The van der Waals surface area contributed by atoms with Crippen LogP contribution < -0.4 is 10.9 Å². The lowest BCUT2D eigenvalue weighted by Crippen LogP contribution is -2.44. The number of amides is 1. The van der Waals surface area contributed by atoms with Gasteiger partial charge < -0.3 is 19.8 Å². The molecule has 3 aromatic rings. The third-order valence-electron chi connectivity index (χ3n) is 5.92. The number of hydrogen-bond acceptors (Lipinski definition) is 6. The molecule has 1 atom stereocenters. The summed E-state index contributed by atoms with van der Waals surface area (Å²) in [4.78, 5) is 43.1. The van der Waals surface area contributed by atoms with Gasteiger partial charge in [-0.1, -0.05) is 35.9 Å². The molecule has 178 valence electrons. The number of rotatable bonds is 8. The number of nitrogens with zero attached hydrogens (tertiary/aromatic N) is 1. The minimum absolute atomic E-state index is 0.137. The number of hydrogen-bond donors (Lipinski definition) is 2. The molecule has 1 unspecified atom stereocenters. The molecular formula is C26H29N3O5. The first-order valence-corrected chi connectivity index (χ1v) is 11.4. The first-order valence-electron chi connectivity index (χ1n) is 11.4. The SMILES string of the molecule is Cc1ccc(C(=O)NC(Cc2cc(=O)[nH]c3ccccc23)C(=O)OCCN2CCOCC2)cc1. The van der Waals surface area contributed by atoms with Crippen molar-refractivity contribution in [3.8, 4) is 0 Å². The summed E-state index contributed by atoms with van der Waals surface area (Å²) in [6.07, 6.45) is 0.137. The zero-order chi connectivity index (χ0) is 23.9. The Morgan fingerprint density at radius 2 is 1.85 bits per heavy atom. The predicted octanol–water partition coefficient (Wildman–Crippen LogP) is 2.05. The number of para-hydroxylation sites is 1. The third kappa shape index (κ3) is 6.09. The summed E-state index contributed by atoms with van der Waals surface area (Å²) < 4.78 is 10.9. The number of H-pyrrole nitrogens is 1. The maximum Gasteiger partial charge on any atom is 0.329 e. The largest absolute Gasteiger partial charge is 0.463 e. The molecule has 0 saturated carbocycles. The van der Waals surface area contributed by atoms with Crippen LogP contribution in [0.25, 0.3) is 10.9 Å². The third-order valence-corrected chi connectivity index (χ3v) is 5.92. The second kappa shape index (κ2) is 11.1. The Balaban J connectivity index is 1.52. The number of ether oxygens (including phenoxy) is 2. The van der Waals surface area contributed by atoms with Crippen molar-refractivity contribution in [1.29, 1.82) is 0 Å². The van der Waals surface area contributed by atoms with Crippen molar-refractivity contribution < 1.29 is 19.1 Å². The summed E-state index contributed by atoms with van der Waals surface area (Å²) in [5.41, 5.74) is 2.56. The van der Waals surface area contributed by atoms with Crippen molar-refractivity contribution in [1.82, 2.24) is 15.2 Å². The molecule has 0 bridgehead atoms. The van der Waals surface area contributed by atoms with Gasteiger partial charge in [0.2, 0.25) is 5.56 Å². The zero-order valence-corrected chi connectivity index (χ0v) is 19.2. The number of morpholine rings is 1. The van der Waals surface area contributed by atoms with E-state index >= 15 is 0 Å². The normalized spacial score (nSPS) is 15.1. The van der Waals surface area contributed by atoms with Crippen LogP contribution in [0, 0.1) is 6.92 Å². The van der Waals surface area contributed by atoms with Crippen LogP contribution in [0.5, 0.6) is 0 Å². The molecule has 34 heavy (non-hydrogen) atoms. The van der Waals surface area contributed by atoms with Gasteiger partial charge in [-0.05, 0) is 30.7 Å². The topological polar surface area (TPSA) is 101 Å². The molecule has 4 rings (SSSR count). The highest BCUT2D eigenvalue weighted by Gasteiger charge is 2.25. The fourth-order valence-corrected chi connectivity index (χ4v) is 4.01. The van der Waals surface area contributed by atoms with E-state index in [9.17, 15) is 14.4 Å². The fraction of sp³-hybridized carbons (Fsp3) is 0.346. The van der Waals surface area contributed by atoms with E-state index in [0.29, 0.717) is 36.4 Å². The van der Waals surface area contributed by atoms with E-state index in [0.717, 1.165) is 24.0 Å². The van der Waals surface area contributed by atoms with Crippen molar-refractivity contribution in [2.24, 2.45) is 0 Å². The molecule has 2 aromatic carbocycles. The zero-order valence-electron chi connectivity index (χ0n) is 19.2. The molecule has 0 radical (unpaired) electrons. The monoisotopic (exact) mass is 463 g/mol. The van der Waals surface area contributed by atoms with E-state index in [4.69, 9.17) is 9.47 Å². The lowest BCUT2D eigenvalue weighted by atomic mass is 10.0. The molecular weight excluding hydrogens is 434 g/mol. The van der Waals surface area contributed by atoms with Crippen LogP contribution in [0.1, 0.15) is 21.5 Å². The molecule has 8 heteroatoms. The summed E-state index contributed by atoms with van der Waals surface area (Å²) >= 11 is 0. The molecule has 0 spiro atoms. The van der Waals surface area contributed by atoms with E-state index in [2.05, 4.69) is 15.2 Å². The summed E-state index contributed by atoms with van der Waals surface area (Å²) in [7, 11) is 0. The van der Waals surface area contributed by atoms with Crippen molar-refractivity contribution >= 4 is 22.8 Å². The highest BCUT2D eigenvalue weighted by Crippen LogP contribution is 2.17. The standard InChI is InChI=1S/C26H29N3O5/c1-18-6-8-19(9-7-18)25(31)28-23(26(32)34-15-12-29-10-13-33-14-11-29)16-20-17-24(30)27-22-5-3-2-4-21(20)22/h2-9,17,23H,10-16H2,1H3,(H,27,30)(H,28,31). The number of fused-ring (bicyclic) bond motifs is 1.